The molecule has 0 spiro atoms. The number of rotatable bonds is 17. The first-order valence-corrected chi connectivity index (χ1v) is 10.3. The van der Waals surface area contributed by atoms with Crippen LogP contribution in [-0.2, 0) is 4.79 Å². The van der Waals surface area contributed by atoms with Crippen molar-refractivity contribution in [2.24, 2.45) is 0 Å². The van der Waals surface area contributed by atoms with Gasteiger partial charge >= 0.3 is 0 Å². The van der Waals surface area contributed by atoms with Crippen LogP contribution in [0.1, 0.15) is 71.1 Å². The van der Waals surface area contributed by atoms with Crippen molar-refractivity contribution in [3.63, 3.8) is 0 Å². The molecule has 2 atom stereocenters. The summed E-state index contributed by atoms with van der Waals surface area (Å²) in [5.74, 6) is -0.0597. The highest BCUT2D eigenvalue weighted by atomic mass is 16.3. The van der Waals surface area contributed by atoms with Gasteiger partial charge in [-0.1, -0.05) is 56.2 Å². The molecular weight excluding hydrogens is 342 g/mol. The number of carbonyl (C=O) groups is 1. The first-order chi connectivity index (χ1) is 13.1. The minimum atomic E-state index is -0.775. The van der Waals surface area contributed by atoms with E-state index in [0.29, 0.717) is 25.8 Å². The Morgan fingerprint density at radius 3 is 2.15 bits per heavy atom. The second kappa shape index (κ2) is 19.3. The molecule has 5 heteroatoms. The van der Waals surface area contributed by atoms with Crippen molar-refractivity contribution in [2.75, 3.05) is 13.2 Å². The first-order valence-electron chi connectivity index (χ1n) is 10.3. The van der Waals surface area contributed by atoms with Gasteiger partial charge in [0.1, 0.15) is 0 Å². The molecule has 156 valence electrons. The highest BCUT2D eigenvalue weighted by Crippen LogP contribution is 2.07. The third-order valence-electron chi connectivity index (χ3n) is 4.15. The van der Waals surface area contributed by atoms with Crippen LogP contribution in [0.3, 0.4) is 0 Å². The Bertz CT molecular complexity index is 432. The molecule has 0 fully saturated rings. The molecule has 0 bridgehead atoms. The number of hydrogen-bond donors (Lipinski definition) is 4. The lowest BCUT2D eigenvalue weighted by molar-refractivity contribution is -0.121. The van der Waals surface area contributed by atoms with E-state index < -0.39 is 12.2 Å². The summed E-state index contributed by atoms with van der Waals surface area (Å²) in [6.07, 6.45) is 19.0. The topological polar surface area (TPSA) is 89.8 Å². The third-order valence-corrected chi connectivity index (χ3v) is 4.15. The van der Waals surface area contributed by atoms with Crippen molar-refractivity contribution in [2.45, 2.75) is 83.3 Å². The molecule has 0 saturated carbocycles. The molecule has 0 heterocycles. The summed E-state index contributed by atoms with van der Waals surface area (Å²) in [6.45, 7) is 2.45. The van der Waals surface area contributed by atoms with Gasteiger partial charge in [-0.3, -0.25) is 4.79 Å². The fraction of sp³-hybridized carbons (Fsp3) is 0.682. The normalized spacial score (nSPS) is 14.4. The number of carbonyl (C=O) groups excluding carboxylic acids is 1. The third kappa shape index (κ3) is 17.7. The molecule has 0 aliphatic carbocycles. The fourth-order valence-corrected chi connectivity index (χ4v) is 2.47. The van der Waals surface area contributed by atoms with E-state index in [1.54, 1.807) is 0 Å². The monoisotopic (exact) mass is 381 g/mol. The summed E-state index contributed by atoms with van der Waals surface area (Å²) in [7, 11) is 0. The smallest absolute Gasteiger partial charge is 0.220 e. The number of allylic oxidation sites excluding steroid dienone is 4. The minimum absolute atomic E-state index is 0.0448. The van der Waals surface area contributed by atoms with Crippen LogP contribution < -0.4 is 5.32 Å². The molecule has 0 rings (SSSR count). The largest absolute Gasteiger partial charge is 0.395 e. The summed E-state index contributed by atoms with van der Waals surface area (Å²) < 4.78 is 0. The fourth-order valence-electron chi connectivity index (χ4n) is 2.47. The Balaban J connectivity index is 3.72. The van der Waals surface area contributed by atoms with Crippen molar-refractivity contribution >= 4 is 5.91 Å². The second-order valence-corrected chi connectivity index (χ2v) is 6.72. The lowest BCUT2D eigenvalue weighted by Crippen LogP contribution is -2.25. The van der Waals surface area contributed by atoms with Crippen molar-refractivity contribution < 1.29 is 20.1 Å². The number of aliphatic hydroxyl groups excluding tert-OH is 3. The van der Waals surface area contributed by atoms with E-state index >= 15 is 0 Å². The van der Waals surface area contributed by atoms with Gasteiger partial charge in [0.2, 0.25) is 5.91 Å². The van der Waals surface area contributed by atoms with Gasteiger partial charge in [0.25, 0.3) is 0 Å². The van der Waals surface area contributed by atoms with Crippen molar-refractivity contribution in [3.05, 3.63) is 36.5 Å². The van der Waals surface area contributed by atoms with E-state index in [1.807, 2.05) is 24.3 Å². The van der Waals surface area contributed by atoms with E-state index in [2.05, 4.69) is 24.4 Å². The molecule has 5 nitrogen and oxygen atoms in total. The zero-order valence-corrected chi connectivity index (χ0v) is 16.9. The quantitative estimate of drug-likeness (QED) is 0.230. The number of unbranched alkanes of at least 4 members (excludes halogenated alkanes) is 4. The van der Waals surface area contributed by atoms with Gasteiger partial charge in [-0.05, 0) is 44.9 Å². The zero-order chi connectivity index (χ0) is 20.2. The molecule has 0 aromatic rings. The predicted molar refractivity (Wildman–Crippen MR) is 111 cm³/mol. The molecule has 0 aromatic heterocycles. The van der Waals surface area contributed by atoms with Gasteiger partial charge in [-0.25, -0.2) is 0 Å². The summed E-state index contributed by atoms with van der Waals surface area (Å²) in [5.41, 5.74) is 0. The van der Waals surface area contributed by atoms with E-state index in [0.717, 1.165) is 25.7 Å². The van der Waals surface area contributed by atoms with Gasteiger partial charge < -0.3 is 20.6 Å². The average Bonchev–Trinajstić information content (AvgIpc) is 2.67. The number of aliphatic hydroxyl groups is 3. The molecule has 2 unspecified atom stereocenters. The number of nitrogens with one attached hydrogen (secondary N) is 1. The first kappa shape index (κ1) is 25.6. The van der Waals surface area contributed by atoms with E-state index in [1.165, 1.54) is 19.3 Å². The molecular formula is C22H39NO4. The van der Waals surface area contributed by atoms with E-state index in [9.17, 15) is 15.0 Å². The van der Waals surface area contributed by atoms with Gasteiger partial charge in [-0.15, -0.1) is 0 Å². The minimum Gasteiger partial charge on any atom is -0.395 e. The van der Waals surface area contributed by atoms with Crippen LogP contribution in [0.5, 0.6) is 0 Å². The number of amides is 1. The van der Waals surface area contributed by atoms with Crippen molar-refractivity contribution in [1.29, 1.82) is 0 Å². The lowest BCUT2D eigenvalue weighted by atomic mass is 10.1. The van der Waals surface area contributed by atoms with Crippen molar-refractivity contribution in [1.82, 2.24) is 5.32 Å². The summed E-state index contributed by atoms with van der Waals surface area (Å²) in [5, 5.41) is 31.1. The van der Waals surface area contributed by atoms with Crippen LogP contribution in [-0.4, -0.2) is 46.6 Å². The van der Waals surface area contributed by atoms with Crippen molar-refractivity contribution in [3.8, 4) is 0 Å². The van der Waals surface area contributed by atoms with Crippen LogP contribution in [0.4, 0.5) is 0 Å². The van der Waals surface area contributed by atoms with Gasteiger partial charge in [0.05, 0.1) is 18.8 Å². The highest BCUT2D eigenvalue weighted by molar-refractivity contribution is 5.75. The highest BCUT2D eigenvalue weighted by Gasteiger charge is 2.12. The van der Waals surface area contributed by atoms with Crippen LogP contribution in [0.25, 0.3) is 0 Å². The summed E-state index contributed by atoms with van der Waals surface area (Å²) >= 11 is 0. The maximum absolute atomic E-state index is 11.3. The maximum Gasteiger partial charge on any atom is 0.220 e. The Labute approximate surface area is 164 Å². The molecule has 4 N–H and O–H groups in total. The standard InChI is InChI=1S/C22H39NO4/c1-2-3-4-5-6-7-8-9-12-15-20(25)21(26)16-13-10-11-14-17-22(27)23-18-19-24/h6-7,9-10,12-13,20-21,24-26H,2-5,8,11,14-19H2,1H3,(H,23,27)/b7-6-,12-9-,13-10-. The Morgan fingerprint density at radius 1 is 0.889 bits per heavy atom. The second-order valence-electron chi connectivity index (χ2n) is 6.72. The van der Waals surface area contributed by atoms with Crippen LogP contribution >= 0.6 is 0 Å². The summed E-state index contributed by atoms with van der Waals surface area (Å²) in [4.78, 5) is 11.3. The molecule has 0 aliphatic heterocycles. The molecule has 0 radical (unpaired) electrons. The van der Waals surface area contributed by atoms with Gasteiger partial charge in [0.15, 0.2) is 0 Å². The number of hydrogen-bond acceptors (Lipinski definition) is 4. The van der Waals surface area contributed by atoms with E-state index in [-0.39, 0.29) is 12.5 Å². The average molecular weight is 382 g/mol. The maximum atomic E-state index is 11.3. The Hall–Kier alpha value is -1.43. The van der Waals surface area contributed by atoms with Crippen LogP contribution in [0.15, 0.2) is 36.5 Å². The summed E-state index contributed by atoms with van der Waals surface area (Å²) in [6, 6.07) is 0. The molecule has 0 aliphatic rings. The molecule has 0 aromatic carbocycles. The van der Waals surface area contributed by atoms with Gasteiger partial charge in [-0.2, -0.15) is 0 Å². The van der Waals surface area contributed by atoms with Crippen LogP contribution in [0.2, 0.25) is 0 Å². The molecule has 27 heavy (non-hydrogen) atoms. The Kier molecular flexibility index (Phi) is 18.3. The lowest BCUT2D eigenvalue weighted by Gasteiger charge is -2.14. The predicted octanol–water partition coefficient (Wildman–Crippen LogP) is 3.41. The van der Waals surface area contributed by atoms with E-state index in [4.69, 9.17) is 5.11 Å². The van der Waals surface area contributed by atoms with Crippen LogP contribution in [0, 0.1) is 0 Å². The Morgan fingerprint density at radius 2 is 1.48 bits per heavy atom. The SMILES string of the molecule is CCCCC/C=C\C/C=C\CC(O)C(O)C/C=C\CCCC(=O)NCCO. The van der Waals surface area contributed by atoms with Gasteiger partial charge in [0, 0.05) is 13.0 Å². The molecule has 0 saturated heterocycles. The molecule has 1 amide bonds. The zero-order valence-electron chi connectivity index (χ0n) is 16.9.